The molecule has 14 heavy (non-hydrogen) atoms. The minimum absolute atomic E-state index is 0.0146. The molecule has 1 aliphatic rings. The smallest absolute Gasteiger partial charge is 0.405 e. The molecule has 0 aromatic carbocycles. The van der Waals surface area contributed by atoms with E-state index in [0.717, 1.165) is 19.5 Å². The number of carbonyl (C=O) groups excluding carboxylic acids is 1. The Balaban J connectivity index is 2.56. The minimum atomic E-state index is -1.14. The first kappa shape index (κ1) is 10.8. The van der Waals surface area contributed by atoms with Crippen LogP contribution in [0.3, 0.4) is 0 Å². The van der Waals surface area contributed by atoms with Crippen molar-refractivity contribution in [1.29, 1.82) is 0 Å². The van der Waals surface area contributed by atoms with E-state index in [-0.39, 0.29) is 11.8 Å². The Hall–Kier alpha value is -1.26. The predicted molar refractivity (Wildman–Crippen MR) is 51.0 cm³/mol. The largest absolute Gasteiger partial charge is 0.465 e. The summed E-state index contributed by atoms with van der Waals surface area (Å²) in [7, 11) is 0. The highest BCUT2D eigenvalue weighted by Crippen LogP contribution is 2.12. The molecule has 0 aliphatic carbocycles. The molecule has 1 unspecified atom stereocenters. The maximum atomic E-state index is 11.7. The topological polar surface area (TPSA) is 69.6 Å². The zero-order valence-electron chi connectivity index (χ0n) is 8.49. The fourth-order valence-electron chi connectivity index (χ4n) is 1.38. The summed E-state index contributed by atoms with van der Waals surface area (Å²) in [5.41, 5.74) is 0. The van der Waals surface area contributed by atoms with E-state index in [4.69, 9.17) is 5.11 Å². The van der Waals surface area contributed by atoms with Gasteiger partial charge in [0.1, 0.15) is 6.04 Å². The Bertz CT molecular complexity index is 236. The van der Waals surface area contributed by atoms with Crippen LogP contribution in [0.2, 0.25) is 0 Å². The highest BCUT2D eigenvalue weighted by atomic mass is 16.4. The number of nitrogens with zero attached hydrogens (tertiary/aromatic N) is 1. The van der Waals surface area contributed by atoms with Gasteiger partial charge in [0.25, 0.3) is 0 Å². The number of amides is 2. The molecule has 0 saturated carbocycles. The first-order valence-corrected chi connectivity index (χ1v) is 4.80. The minimum Gasteiger partial charge on any atom is -0.465 e. The molecule has 2 N–H and O–H groups in total. The molecule has 0 aromatic rings. The molecule has 1 heterocycles. The van der Waals surface area contributed by atoms with Crippen LogP contribution in [0.25, 0.3) is 0 Å². The van der Waals surface area contributed by atoms with E-state index >= 15 is 0 Å². The molecule has 0 radical (unpaired) electrons. The summed E-state index contributed by atoms with van der Waals surface area (Å²) in [6, 6.07) is -0.604. The van der Waals surface area contributed by atoms with Crippen molar-refractivity contribution >= 4 is 12.0 Å². The number of rotatable bonds is 3. The third-order valence-electron chi connectivity index (χ3n) is 2.38. The van der Waals surface area contributed by atoms with Crippen molar-refractivity contribution in [2.75, 3.05) is 13.1 Å². The molecular formula is C9H16N2O3. The van der Waals surface area contributed by atoms with Gasteiger partial charge in [0.15, 0.2) is 0 Å². The summed E-state index contributed by atoms with van der Waals surface area (Å²) >= 11 is 0. The highest BCUT2D eigenvalue weighted by Gasteiger charge is 2.30. The number of carbonyl (C=O) groups is 2. The number of likely N-dealkylation sites (tertiary alicyclic amines) is 1. The molecule has 1 atom stereocenters. The standard InChI is InChI=1S/C9H16N2O3/c1-6(2)7(10-9(13)14)8(12)11-4-3-5-11/h6-7,10H,3-5H2,1-2H3,(H,13,14). The van der Waals surface area contributed by atoms with Crippen LogP contribution in [-0.2, 0) is 4.79 Å². The normalized spacial score (nSPS) is 17.5. The molecule has 5 nitrogen and oxygen atoms in total. The van der Waals surface area contributed by atoms with Gasteiger partial charge in [-0.3, -0.25) is 4.79 Å². The second-order valence-corrected chi connectivity index (χ2v) is 3.85. The zero-order valence-corrected chi connectivity index (χ0v) is 8.49. The van der Waals surface area contributed by atoms with Crippen molar-refractivity contribution in [3.05, 3.63) is 0 Å². The summed E-state index contributed by atoms with van der Waals surface area (Å²) < 4.78 is 0. The fourth-order valence-corrected chi connectivity index (χ4v) is 1.38. The van der Waals surface area contributed by atoms with Gasteiger partial charge in [0.2, 0.25) is 5.91 Å². The van der Waals surface area contributed by atoms with Crippen molar-refractivity contribution in [3.63, 3.8) is 0 Å². The van der Waals surface area contributed by atoms with Gasteiger partial charge in [0, 0.05) is 13.1 Å². The van der Waals surface area contributed by atoms with Gasteiger partial charge in [-0.05, 0) is 12.3 Å². The molecular weight excluding hydrogens is 184 g/mol. The van der Waals surface area contributed by atoms with Crippen LogP contribution in [0.5, 0.6) is 0 Å². The SMILES string of the molecule is CC(C)C(NC(=O)O)C(=O)N1CCC1. The molecule has 80 valence electrons. The van der Waals surface area contributed by atoms with E-state index < -0.39 is 12.1 Å². The molecule has 1 saturated heterocycles. The summed E-state index contributed by atoms with van der Waals surface area (Å²) in [4.78, 5) is 23.8. The van der Waals surface area contributed by atoms with E-state index in [2.05, 4.69) is 5.32 Å². The molecule has 0 spiro atoms. The van der Waals surface area contributed by atoms with Crippen LogP contribution >= 0.6 is 0 Å². The summed E-state index contributed by atoms with van der Waals surface area (Å²) in [6.07, 6.45) is -0.124. The van der Waals surface area contributed by atoms with Crippen LogP contribution in [0.4, 0.5) is 4.79 Å². The van der Waals surface area contributed by atoms with E-state index in [1.165, 1.54) is 0 Å². The van der Waals surface area contributed by atoms with Gasteiger partial charge >= 0.3 is 6.09 Å². The Morgan fingerprint density at radius 2 is 1.93 bits per heavy atom. The van der Waals surface area contributed by atoms with Gasteiger partial charge in [-0.1, -0.05) is 13.8 Å². The lowest BCUT2D eigenvalue weighted by atomic mass is 10.0. The van der Waals surface area contributed by atoms with Crippen molar-refractivity contribution in [2.24, 2.45) is 5.92 Å². The highest BCUT2D eigenvalue weighted by molar-refractivity contribution is 5.86. The van der Waals surface area contributed by atoms with E-state index in [1.54, 1.807) is 4.90 Å². The molecule has 0 aromatic heterocycles. The lowest BCUT2D eigenvalue weighted by Crippen LogP contribution is -2.54. The lowest BCUT2D eigenvalue weighted by Gasteiger charge is -2.35. The molecule has 5 heteroatoms. The lowest BCUT2D eigenvalue weighted by molar-refractivity contribution is -0.137. The maximum Gasteiger partial charge on any atom is 0.405 e. The third-order valence-corrected chi connectivity index (χ3v) is 2.38. The van der Waals surface area contributed by atoms with Crippen LogP contribution < -0.4 is 5.32 Å². The predicted octanol–water partition coefficient (Wildman–Crippen LogP) is 0.511. The number of hydrogen-bond acceptors (Lipinski definition) is 2. The molecule has 1 fully saturated rings. The number of carboxylic acid groups (broad SMARTS) is 1. The molecule has 0 bridgehead atoms. The van der Waals surface area contributed by atoms with Crippen molar-refractivity contribution < 1.29 is 14.7 Å². The second kappa shape index (κ2) is 4.30. The van der Waals surface area contributed by atoms with Crippen LogP contribution in [-0.4, -0.2) is 41.1 Å². The Labute approximate surface area is 83.1 Å². The second-order valence-electron chi connectivity index (χ2n) is 3.85. The average Bonchev–Trinajstić information content (AvgIpc) is 1.95. The zero-order chi connectivity index (χ0) is 10.7. The van der Waals surface area contributed by atoms with E-state index in [1.807, 2.05) is 13.8 Å². The van der Waals surface area contributed by atoms with Crippen LogP contribution in [0, 0.1) is 5.92 Å². The first-order valence-electron chi connectivity index (χ1n) is 4.80. The Kier molecular flexibility index (Phi) is 3.33. The molecule has 1 aliphatic heterocycles. The van der Waals surface area contributed by atoms with Crippen molar-refractivity contribution in [1.82, 2.24) is 10.2 Å². The van der Waals surface area contributed by atoms with E-state index in [0.29, 0.717) is 0 Å². The van der Waals surface area contributed by atoms with E-state index in [9.17, 15) is 9.59 Å². The Morgan fingerprint density at radius 3 is 2.21 bits per heavy atom. The Morgan fingerprint density at radius 1 is 1.36 bits per heavy atom. The number of hydrogen-bond donors (Lipinski definition) is 2. The summed E-state index contributed by atoms with van der Waals surface area (Å²) in [5.74, 6) is -0.118. The number of nitrogens with one attached hydrogen (secondary N) is 1. The monoisotopic (exact) mass is 200 g/mol. The third kappa shape index (κ3) is 2.37. The summed E-state index contributed by atoms with van der Waals surface area (Å²) in [6.45, 7) is 5.17. The van der Waals surface area contributed by atoms with Gasteiger partial charge in [-0.2, -0.15) is 0 Å². The van der Waals surface area contributed by atoms with Gasteiger partial charge in [-0.15, -0.1) is 0 Å². The first-order chi connectivity index (χ1) is 6.52. The van der Waals surface area contributed by atoms with Crippen molar-refractivity contribution in [2.45, 2.75) is 26.3 Å². The van der Waals surface area contributed by atoms with Gasteiger partial charge in [0.05, 0.1) is 0 Å². The summed E-state index contributed by atoms with van der Waals surface area (Å²) in [5, 5.41) is 10.8. The van der Waals surface area contributed by atoms with Crippen molar-refractivity contribution in [3.8, 4) is 0 Å². The molecule has 2 amide bonds. The van der Waals surface area contributed by atoms with Gasteiger partial charge in [-0.25, -0.2) is 4.79 Å². The van der Waals surface area contributed by atoms with Gasteiger partial charge < -0.3 is 15.3 Å². The van der Waals surface area contributed by atoms with Crippen LogP contribution in [0.1, 0.15) is 20.3 Å². The quantitative estimate of drug-likeness (QED) is 0.697. The fraction of sp³-hybridized carbons (Fsp3) is 0.778. The maximum absolute atomic E-state index is 11.7. The molecule has 1 rings (SSSR count). The van der Waals surface area contributed by atoms with Crippen LogP contribution in [0.15, 0.2) is 0 Å². The average molecular weight is 200 g/mol.